The van der Waals surface area contributed by atoms with Crippen LogP contribution in [0.1, 0.15) is 6.92 Å². The molecule has 6 nitrogen and oxygen atoms in total. The Balaban J connectivity index is 2.00. The number of anilines is 1. The Hall–Kier alpha value is -1.47. The van der Waals surface area contributed by atoms with Crippen molar-refractivity contribution in [3.05, 3.63) is 16.7 Å². The SMILES string of the molecule is CC1CN(c2nc3nc[nH]c(=O)c3s2)CCO1. The molecule has 17 heavy (non-hydrogen) atoms. The predicted molar refractivity (Wildman–Crippen MR) is 65.7 cm³/mol. The quantitative estimate of drug-likeness (QED) is 0.805. The average molecular weight is 252 g/mol. The summed E-state index contributed by atoms with van der Waals surface area (Å²) in [5, 5.41) is 0.847. The third kappa shape index (κ3) is 1.91. The zero-order valence-corrected chi connectivity index (χ0v) is 10.2. The third-order valence-corrected chi connectivity index (χ3v) is 3.80. The van der Waals surface area contributed by atoms with Gasteiger partial charge in [0.05, 0.1) is 19.0 Å². The molecule has 2 aromatic rings. The van der Waals surface area contributed by atoms with Gasteiger partial charge in [-0.05, 0) is 6.92 Å². The minimum absolute atomic E-state index is 0.125. The zero-order chi connectivity index (χ0) is 11.8. The lowest BCUT2D eigenvalue weighted by atomic mass is 10.3. The van der Waals surface area contributed by atoms with Crippen molar-refractivity contribution >= 4 is 26.8 Å². The lowest BCUT2D eigenvalue weighted by Gasteiger charge is -2.30. The molecule has 1 atom stereocenters. The Morgan fingerprint density at radius 2 is 2.53 bits per heavy atom. The molecule has 3 heterocycles. The minimum Gasteiger partial charge on any atom is -0.375 e. The highest BCUT2D eigenvalue weighted by Crippen LogP contribution is 2.26. The van der Waals surface area contributed by atoms with Gasteiger partial charge in [0, 0.05) is 13.1 Å². The molecule has 0 radical (unpaired) electrons. The molecular weight excluding hydrogens is 240 g/mol. The number of hydrogen-bond acceptors (Lipinski definition) is 6. The van der Waals surface area contributed by atoms with Crippen molar-refractivity contribution in [3.8, 4) is 0 Å². The minimum atomic E-state index is -0.125. The molecule has 1 fully saturated rings. The van der Waals surface area contributed by atoms with Crippen LogP contribution in [-0.4, -0.2) is 40.8 Å². The van der Waals surface area contributed by atoms with E-state index in [9.17, 15) is 4.79 Å². The van der Waals surface area contributed by atoms with E-state index >= 15 is 0 Å². The van der Waals surface area contributed by atoms with Gasteiger partial charge in [-0.3, -0.25) is 4.79 Å². The fourth-order valence-corrected chi connectivity index (χ4v) is 2.83. The maximum absolute atomic E-state index is 11.6. The highest BCUT2D eigenvalue weighted by molar-refractivity contribution is 7.22. The number of nitrogens with zero attached hydrogens (tertiary/aromatic N) is 3. The van der Waals surface area contributed by atoms with Crippen molar-refractivity contribution in [3.63, 3.8) is 0 Å². The second-order valence-corrected chi connectivity index (χ2v) is 4.99. The average Bonchev–Trinajstić information content (AvgIpc) is 2.74. The first-order valence-electron chi connectivity index (χ1n) is 5.45. The van der Waals surface area contributed by atoms with Gasteiger partial charge in [-0.15, -0.1) is 0 Å². The second-order valence-electron chi connectivity index (χ2n) is 4.01. The first kappa shape index (κ1) is 10.7. The molecule has 0 amide bonds. The van der Waals surface area contributed by atoms with Crippen molar-refractivity contribution < 1.29 is 4.74 Å². The van der Waals surface area contributed by atoms with Crippen LogP contribution in [0.4, 0.5) is 5.13 Å². The Morgan fingerprint density at radius 3 is 3.29 bits per heavy atom. The molecule has 0 aromatic carbocycles. The fraction of sp³-hybridized carbons (Fsp3) is 0.500. The van der Waals surface area contributed by atoms with Crippen LogP contribution < -0.4 is 10.5 Å². The maximum atomic E-state index is 11.6. The molecule has 0 saturated carbocycles. The largest absolute Gasteiger partial charge is 0.375 e. The predicted octanol–water partition coefficient (Wildman–Crippen LogP) is 0.605. The van der Waals surface area contributed by atoms with Gasteiger partial charge in [-0.2, -0.15) is 4.98 Å². The van der Waals surface area contributed by atoms with E-state index in [1.54, 1.807) is 0 Å². The van der Waals surface area contributed by atoms with Crippen LogP contribution in [0.3, 0.4) is 0 Å². The van der Waals surface area contributed by atoms with Gasteiger partial charge >= 0.3 is 0 Å². The molecular formula is C10H12N4O2S. The molecule has 3 rings (SSSR count). The van der Waals surface area contributed by atoms with Gasteiger partial charge in [0.25, 0.3) is 5.56 Å². The Kier molecular flexibility index (Phi) is 2.56. The molecule has 1 aliphatic heterocycles. The van der Waals surface area contributed by atoms with Crippen LogP contribution >= 0.6 is 11.3 Å². The van der Waals surface area contributed by atoms with Crippen molar-refractivity contribution in [2.45, 2.75) is 13.0 Å². The molecule has 2 aromatic heterocycles. The van der Waals surface area contributed by atoms with Gasteiger partial charge in [-0.25, -0.2) is 4.98 Å². The summed E-state index contributed by atoms with van der Waals surface area (Å²) in [6.07, 6.45) is 1.58. The summed E-state index contributed by atoms with van der Waals surface area (Å²) in [5.41, 5.74) is 0.396. The number of rotatable bonds is 1. The number of ether oxygens (including phenoxy) is 1. The van der Waals surface area contributed by atoms with E-state index in [-0.39, 0.29) is 11.7 Å². The Labute approximate surface area is 101 Å². The molecule has 0 spiro atoms. The topological polar surface area (TPSA) is 71.1 Å². The summed E-state index contributed by atoms with van der Waals surface area (Å²) in [7, 11) is 0. The van der Waals surface area contributed by atoms with Gasteiger partial charge in [0.2, 0.25) is 0 Å². The van der Waals surface area contributed by atoms with Crippen LogP contribution in [0.25, 0.3) is 10.3 Å². The van der Waals surface area contributed by atoms with Crippen LogP contribution in [0.2, 0.25) is 0 Å². The van der Waals surface area contributed by atoms with Crippen LogP contribution in [0.5, 0.6) is 0 Å². The standard InChI is InChI=1S/C10H12N4O2S/c1-6-4-14(2-3-16-6)10-13-8-7(17-10)9(15)12-5-11-8/h5-6H,2-4H2,1H3,(H,11,12,15). The number of aromatic nitrogens is 3. The van der Waals surface area contributed by atoms with Crippen molar-refractivity contribution in [2.75, 3.05) is 24.6 Å². The van der Waals surface area contributed by atoms with Crippen LogP contribution in [-0.2, 0) is 4.74 Å². The highest BCUT2D eigenvalue weighted by Gasteiger charge is 2.20. The van der Waals surface area contributed by atoms with E-state index in [1.165, 1.54) is 17.7 Å². The maximum Gasteiger partial charge on any atom is 0.270 e. The molecule has 1 N–H and O–H groups in total. The number of thiazole rings is 1. The van der Waals surface area contributed by atoms with Gasteiger partial charge in [0.1, 0.15) is 4.70 Å². The molecule has 0 aliphatic carbocycles. The van der Waals surface area contributed by atoms with Gasteiger partial charge < -0.3 is 14.6 Å². The number of hydrogen-bond donors (Lipinski definition) is 1. The first-order valence-corrected chi connectivity index (χ1v) is 6.26. The number of nitrogens with one attached hydrogen (secondary N) is 1. The third-order valence-electron chi connectivity index (χ3n) is 2.70. The molecule has 90 valence electrons. The Bertz CT molecular complexity index is 593. The second kappa shape index (κ2) is 4.08. The molecule has 0 bridgehead atoms. The number of H-pyrrole nitrogens is 1. The van der Waals surface area contributed by atoms with Crippen molar-refractivity contribution in [1.82, 2.24) is 15.0 Å². The first-order chi connectivity index (χ1) is 8.24. The van der Waals surface area contributed by atoms with Crippen molar-refractivity contribution in [1.29, 1.82) is 0 Å². The van der Waals surface area contributed by atoms with E-state index in [0.29, 0.717) is 17.0 Å². The Morgan fingerprint density at radius 1 is 1.65 bits per heavy atom. The van der Waals surface area contributed by atoms with E-state index in [1.807, 2.05) is 6.92 Å². The highest BCUT2D eigenvalue weighted by atomic mass is 32.1. The fourth-order valence-electron chi connectivity index (χ4n) is 1.88. The van der Waals surface area contributed by atoms with E-state index in [2.05, 4.69) is 19.9 Å². The molecule has 7 heteroatoms. The molecule has 1 aliphatic rings. The van der Waals surface area contributed by atoms with E-state index < -0.39 is 0 Å². The summed E-state index contributed by atoms with van der Waals surface area (Å²) >= 11 is 1.39. The zero-order valence-electron chi connectivity index (χ0n) is 9.34. The van der Waals surface area contributed by atoms with E-state index in [0.717, 1.165) is 18.2 Å². The monoisotopic (exact) mass is 252 g/mol. The number of morpholine rings is 1. The summed E-state index contributed by atoms with van der Waals surface area (Å²) in [6.45, 7) is 4.34. The van der Waals surface area contributed by atoms with Crippen LogP contribution in [0, 0.1) is 0 Å². The summed E-state index contributed by atoms with van der Waals surface area (Å²) < 4.78 is 6.06. The van der Waals surface area contributed by atoms with Crippen LogP contribution in [0.15, 0.2) is 11.1 Å². The summed E-state index contributed by atoms with van der Waals surface area (Å²) in [6, 6.07) is 0. The summed E-state index contributed by atoms with van der Waals surface area (Å²) in [5.74, 6) is 0. The normalized spacial score (nSPS) is 21.0. The van der Waals surface area contributed by atoms with Crippen molar-refractivity contribution in [2.24, 2.45) is 0 Å². The molecule has 1 unspecified atom stereocenters. The summed E-state index contributed by atoms with van der Waals surface area (Å²) in [4.78, 5) is 24.7. The number of aromatic amines is 1. The number of fused-ring (bicyclic) bond motifs is 1. The van der Waals surface area contributed by atoms with E-state index in [4.69, 9.17) is 4.74 Å². The smallest absolute Gasteiger partial charge is 0.270 e. The van der Waals surface area contributed by atoms with Gasteiger partial charge in [-0.1, -0.05) is 11.3 Å². The molecule has 1 saturated heterocycles. The lowest BCUT2D eigenvalue weighted by molar-refractivity contribution is 0.0532. The van der Waals surface area contributed by atoms with Gasteiger partial charge in [0.15, 0.2) is 10.8 Å². The lowest BCUT2D eigenvalue weighted by Crippen LogP contribution is -2.41.